The maximum atomic E-state index is 6.30. The number of benzene rings is 3. The lowest BCUT2D eigenvalue weighted by Crippen LogP contribution is -2.19. The van der Waals surface area contributed by atoms with E-state index in [-0.39, 0.29) is 0 Å². The zero-order chi connectivity index (χ0) is 20.9. The highest BCUT2D eigenvalue weighted by Gasteiger charge is 2.18. The van der Waals surface area contributed by atoms with Gasteiger partial charge in [-0.05, 0) is 61.0 Å². The van der Waals surface area contributed by atoms with E-state index in [9.17, 15) is 0 Å². The molecular weight excluding hydrogens is 462 g/mol. The standard InChI is InChI=1S/C24H21BrClN3O/c1-2-3-14-30-20-11-6-16(7-12-20)23-21-15-19(26)10-13-22(21)27-24(29-28-23)17-4-8-18(25)9-5-17/h4-13,15H,2-3,14H2,1H3,(H,27,29). The second-order valence-electron chi connectivity index (χ2n) is 6.93. The predicted octanol–water partition coefficient (Wildman–Crippen LogP) is 6.72. The molecule has 1 heterocycles. The third-order valence-corrected chi connectivity index (χ3v) is 5.50. The van der Waals surface area contributed by atoms with Crippen molar-refractivity contribution in [3.05, 3.63) is 92.9 Å². The minimum Gasteiger partial charge on any atom is -0.494 e. The van der Waals surface area contributed by atoms with E-state index in [1.165, 1.54) is 0 Å². The third-order valence-electron chi connectivity index (χ3n) is 4.73. The van der Waals surface area contributed by atoms with Gasteiger partial charge in [0.25, 0.3) is 0 Å². The number of amidine groups is 1. The van der Waals surface area contributed by atoms with Crippen LogP contribution in [0.15, 0.2) is 81.3 Å². The Balaban J connectivity index is 1.69. The van der Waals surface area contributed by atoms with Crippen LogP contribution in [0.2, 0.25) is 5.02 Å². The van der Waals surface area contributed by atoms with E-state index in [0.717, 1.165) is 57.8 Å². The first-order valence-corrected chi connectivity index (χ1v) is 11.0. The van der Waals surface area contributed by atoms with Gasteiger partial charge >= 0.3 is 0 Å². The molecule has 0 fully saturated rings. The molecule has 0 unspecified atom stereocenters. The molecule has 3 aromatic carbocycles. The molecule has 0 amide bonds. The van der Waals surface area contributed by atoms with Gasteiger partial charge in [0.05, 0.1) is 12.3 Å². The van der Waals surface area contributed by atoms with Gasteiger partial charge in [0.2, 0.25) is 0 Å². The lowest BCUT2D eigenvalue weighted by Gasteiger charge is -2.10. The zero-order valence-corrected chi connectivity index (χ0v) is 18.9. The normalized spacial score (nSPS) is 12.9. The van der Waals surface area contributed by atoms with Crippen LogP contribution in [0, 0.1) is 0 Å². The van der Waals surface area contributed by atoms with Crippen molar-refractivity contribution >= 4 is 44.8 Å². The topological polar surface area (TPSA) is 46.0 Å². The molecule has 0 aliphatic carbocycles. The molecule has 30 heavy (non-hydrogen) atoms. The molecule has 0 radical (unpaired) electrons. The van der Waals surface area contributed by atoms with Gasteiger partial charge in [-0.3, -0.25) is 5.43 Å². The summed E-state index contributed by atoms with van der Waals surface area (Å²) in [7, 11) is 0. The van der Waals surface area contributed by atoms with Crippen LogP contribution < -0.4 is 10.2 Å². The number of halogens is 2. The van der Waals surface area contributed by atoms with Crippen LogP contribution in [0.25, 0.3) is 0 Å². The van der Waals surface area contributed by atoms with Crippen molar-refractivity contribution in [2.24, 2.45) is 10.1 Å². The van der Waals surface area contributed by atoms with Crippen LogP contribution in [0.4, 0.5) is 5.69 Å². The van der Waals surface area contributed by atoms with Crippen molar-refractivity contribution in [1.82, 2.24) is 5.43 Å². The number of rotatable bonds is 6. The van der Waals surface area contributed by atoms with E-state index >= 15 is 0 Å². The van der Waals surface area contributed by atoms with Crippen LogP contribution >= 0.6 is 27.5 Å². The number of nitrogens with one attached hydrogen (secondary N) is 1. The summed E-state index contributed by atoms with van der Waals surface area (Å²) in [4.78, 5) is 4.82. The first-order valence-electron chi connectivity index (χ1n) is 9.85. The average Bonchev–Trinajstić information content (AvgIpc) is 2.94. The SMILES string of the molecule is CCCCOc1ccc(C2=NNC(c3ccc(Br)cc3)=Nc3ccc(Cl)cc32)cc1. The Morgan fingerprint density at radius 3 is 2.43 bits per heavy atom. The van der Waals surface area contributed by atoms with Crippen molar-refractivity contribution in [3.8, 4) is 5.75 Å². The Bertz CT molecular complexity index is 1090. The van der Waals surface area contributed by atoms with Gasteiger partial charge in [-0.25, -0.2) is 4.99 Å². The summed E-state index contributed by atoms with van der Waals surface area (Å²) in [5.41, 5.74) is 7.51. The van der Waals surface area contributed by atoms with Crippen LogP contribution in [0.5, 0.6) is 5.75 Å². The monoisotopic (exact) mass is 481 g/mol. The lowest BCUT2D eigenvalue weighted by molar-refractivity contribution is 0.309. The second-order valence-corrected chi connectivity index (χ2v) is 8.28. The fraction of sp³-hybridized carbons (Fsp3) is 0.167. The van der Waals surface area contributed by atoms with Crippen LogP contribution in [-0.2, 0) is 0 Å². The molecule has 1 aliphatic heterocycles. The number of unbranched alkanes of at least 4 members (excludes halogenated alkanes) is 1. The first-order chi connectivity index (χ1) is 14.6. The third kappa shape index (κ3) is 4.74. The van der Waals surface area contributed by atoms with Crippen LogP contribution in [0.3, 0.4) is 0 Å². The maximum absolute atomic E-state index is 6.30. The molecule has 0 spiro atoms. The summed E-state index contributed by atoms with van der Waals surface area (Å²) in [6.07, 6.45) is 2.15. The van der Waals surface area contributed by atoms with Gasteiger partial charge in [-0.15, -0.1) is 0 Å². The molecule has 0 aromatic heterocycles. The van der Waals surface area contributed by atoms with Gasteiger partial charge in [-0.2, -0.15) is 5.10 Å². The minimum absolute atomic E-state index is 0.642. The largest absolute Gasteiger partial charge is 0.494 e. The van der Waals surface area contributed by atoms with E-state index in [0.29, 0.717) is 10.9 Å². The summed E-state index contributed by atoms with van der Waals surface area (Å²) in [5.74, 6) is 1.54. The molecule has 3 aromatic rings. The Morgan fingerprint density at radius 1 is 0.967 bits per heavy atom. The van der Waals surface area contributed by atoms with E-state index in [1.54, 1.807) is 0 Å². The summed E-state index contributed by atoms with van der Waals surface area (Å²) in [6, 6.07) is 21.6. The highest BCUT2D eigenvalue weighted by Crippen LogP contribution is 2.29. The van der Waals surface area contributed by atoms with Gasteiger partial charge in [0.1, 0.15) is 11.5 Å². The average molecular weight is 483 g/mol. The number of hydrazone groups is 1. The lowest BCUT2D eigenvalue weighted by atomic mass is 10.0. The van der Waals surface area contributed by atoms with Gasteiger partial charge in [0, 0.05) is 26.2 Å². The number of nitrogens with zero attached hydrogens (tertiary/aromatic N) is 2. The van der Waals surface area contributed by atoms with Crippen LogP contribution in [-0.4, -0.2) is 18.2 Å². The summed E-state index contributed by atoms with van der Waals surface area (Å²) >= 11 is 9.77. The van der Waals surface area contributed by atoms with Crippen molar-refractivity contribution in [1.29, 1.82) is 0 Å². The molecular formula is C24H21BrClN3O. The van der Waals surface area contributed by atoms with E-state index in [1.807, 2.05) is 66.7 Å². The molecule has 0 saturated heterocycles. The second kappa shape index (κ2) is 9.45. The van der Waals surface area contributed by atoms with Gasteiger partial charge in [0.15, 0.2) is 5.84 Å². The van der Waals surface area contributed by atoms with E-state index in [2.05, 4.69) is 33.4 Å². The van der Waals surface area contributed by atoms with Crippen LogP contribution in [0.1, 0.15) is 36.5 Å². The molecule has 1 N–H and O–H groups in total. The summed E-state index contributed by atoms with van der Waals surface area (Å²) in [6.45, 7) is 2.87. The van der Waals surface area contributed by atoms with E-state index in [4.69, 9.17) is 21.3 Å². The fourth-order valence-corrected chi connectivity index (χ4v) is 3.55. The Labute approximate surface area is 189 Å². The van der Waals surface area contributed by atoms with Gasteiger partial charge < -0.3 is 4.74 Å². The molecule has 6 heteroatoms. The zero-order valence-electron chi connectivity index (χ0n) is 16.5. The molecule has 4 rings (SSSR count). The predicted molar refractivity (Wildman–Crippen MR) is 127 cm³/mol. The fourth-order valence-electron chi connectivity index (χ4n) is 3.11. The van der Waals surface area contributed by atoms with Crippen molar-refractivity contribution in [2.45, 2.75) is 19.8 Å². The van der Waals surface area contributed by atoms with Crippen molar-refractivity contribution in [2.75, 3.05) is 6.61 Å². The molecule has 0 saturated carbocycles. The molecule has 1 aliphatic rings. The quantitative estimate of drug-likeness (QED) is 0.397. The van der Waals surface area contributed by atoms with E-state index < -0.39 is 0 Å². The number of fused-ring (bicyclic) bond motifs is 1. The summed E-state index contributed by atoms with van der Waals surface area (Å²) < 4.78 is 6.80. The number of aliphatic imine (C=N–C) groups is 1. The smallest absolute Gasteiger partial charge is 0.154 e. The highest BCUT2D eigenvalue weighted by molar-refractivity contribution is 9.10. The maximum Gasteiger partial charge on any atom is 0.154 e. The molecule has 4 nitrogen and oxygen atoms in total. The minimum atomic E-state index is 0.642. The number of hydrogen-bond acceptors (Lipinski definition) is 4. The van der Waals surface area contributed by atoms with Crippen molar-refractivity contribution < 1.29 is 4.74 Å². The number of hydrogen-bond donors (Lipinski definition) is 1. The van der Waals surface area contributed by atoms with Gasteiger partial charge in [-0.1, -0.05) is 53.0 Å². The molecule has 0 atom stereocenters. The first kappa shape index (κ1) is 20.6. The molecule has 152 valence electrons. The highest BCUT2D eigenvalue weighted by atomic mass is 79.9. The Morgan fingerprint density at radius 2 is 1.70 bits per heavy atom. The Hall–Kier alpha value is -2.63. The Kier molecular flexibility index (Phi) is 6.50. The molecule has 0 bridgehead atoms. The van der Waals surface area contributed by atoms with Crippen molar-refractivity contribution in [3.63, 3.8) is 0 Å². The number of ether oxygens (including phenoxy) is 1. The summed E-state index contributed by atoms with van der Waals surface area (Å²) in [5, 5.41) is 5.33.